The summed E-state index contributed by atoms with van der Waals surface area (Å²) in [6.45, 7) is 0.319. The Kier molecular flexibility index (Phi) is 6.45. The van der Waals surface area contributed by atoms with Gasteiger partial charge in [-0.05, 0) is 41.8 Å². The molecule has 0 radical (unpaired) electrons. The van der Waals surface area contributed by atoms with Crippen molar-refractivity contribution in [3.63, 3.8) is 0 Å². The van der Waals surface area contributed by atoms with Gasteiger partial charge in [-0.1, -0.05) is 54.6 Å². The fourth-order valence-corrected chi connectivity index (χ4v) is 4.12. The summed E-state index contributed by atoms with van der Waals surface area (Å²) in [4.78, 5) is 27.8. The molecule has 0 aliphatic carbocycles. The molecule has 1 unspecified atom stereocenters. The smallest absolute Gasteiger partial charge is 0.295 e. The first-order chi connectivity index (χ1) is 16.0. The van der Waals surface area contributed by atoms with E-state index >= 15 is 0 Å². The molecule has 4 rings (SSSR count). The molecule has 1 heterocycles. The normalized spacial score (nSPS) is 17.3. The summed E-state index contributed by atoms with van der Waals surface area (Å²) in [7, 11) is 3.10. The van der Waals surface area contributed by atoms with Crippen LogP contribution in [-0.2, 0) is 16.0 Å². The molecule has 0 spiro atoms. The van der Waals surface area contributed by atoms with Gasteiger partial charge in [-0.25, -0.2) is 0 Å². The number of carbonyl (C=O) groups is 2. The van der Waals surface area contributed by atoms with E-state index in [-0.39, 0.29) is 11.3 Å². The number of rotatable bonds is 7. The van der Waals surface area contributed by atoms with Gasteiger partial charge < -0.3 is 19.5 Å². The van der Waals surface area contributed by atoms with Crippen molar-refractivity contribution in [2.24, 2.45) is 0 Å². The molecule has 3 aromatic carbocycles. The number of benzene rings is 3. The maximum absolute atomic E-state index is 13.1. The Labute approximate surface area is 192 Å². The lowest BCUT2D eigenvalue weighted by atomic mass is 9.95. The van der Waals surface area contributed by atoms with Gasteiger partial charge in [0.2, 0.25) is 0 Å². The lowest BCUT2D eigenvalue weighted by Gasteiger charge is -2.25. The van der Waals surface area contributed by atoms with Crippen molar-refractivity contribution in [3.05, 3.63) is 101 Å². The van der Waals surface area contributed by atoms with Crippen molar-refractivity contribution in [2.45, 2.75) is 12.5 Å². The highest BCUT2D eigenvalue weighted by Crippen LogP contribution is 2.40. The Hall–Kier alpha value is -4.06. The highest BCUT2D eigenvalue weighted by Gasteiger charge is 2.46. The number of nitrogens with zero attached hydrogens (tertiary/aromatic N) is 1. The van der Waals surface area contributed by atoms with Crippen molar-refractivity contribution in [3.8, 4) is 11.5 Å². The van der Waals surface area contributed by atoms with Crippen molar-refractivity contribution in [1.82, 2.24) is 4.90 Å². The Morgan fingerprint density at radius 3 is 2.21 bits per heavy atom. The van der Waals surface area contributed by atoms with E-state index < -0.39 is 17.7 Å². The van der Waals surface area contributed by atoms with Crippen LogP contribution in [0.3, 0.4) is 0 Å². The van der Waals surface area contributed by atoms with E-state index in [1.165, 1.54) is 12.0 Å². The molecule has 0 aromatic heterocycles. The number of hydrogen-bond donors (Lipinski definition) is 1. The Balaban J connectivity index is 1.75. The van der Waals surface area contributed by atoms with Crippen LogP contribution in [0, 0.1) is 0 Å². The van der Waals surface area contributed by atoms with E-state index in [9.17, 15) is 14.7 Å². The van der Waals surface area contributed by atoms with E-state index in [1.54, 1.807) is 31.4 Å². The van der Waals surface area contributed by atoms with Gasteiger partial charge in [-0.3, -0.25) is 9.59 Å². The highest BCUT2D eigenvalue weighted by molar-refractivity contribution is 6.46. The molecule has 1 saturated heterocycles. The standard InChI is InChI=1S/C27H25NO5/c1-32-20-14-12-18(13-15-20)16-17-28-24(19-8-4-3-5-9-19)23(26(30)27(28)31)25(29)21-10-6-7-11-22(21)33-2/h3-15,24,29H,16-17H2,1-2H3/b25-23-. The summed E-state index contributed by atoms with van der Waals surface area (Å²) in [5.41, 5.74) is 2.19. The molecule has 168 valence electrons. The number of para-hydroxylation sites is 1. The molecule has 0 saturated carbocycles. The van der Waals surface area contributed by atoms with Gasteiger partial charge in [0.25, 0.3) is 11.7 Å². The summed E-state index contributed by atoms with van der Waals surface area (Å²) in [6.07, 6.45) is 0.551. The zero-order valence-electron chi connectivity index (χ0n) is 18.5. The number of likely N-dealkylation sites (tertiary alicyclic amines) is 1. The molecule has 3 aromatic rings. The number of amides is 1. The van der Waals surface area contributed by atoms with Crippen molar-refractivity contribution < 1.29 is 24.2 Å². The number of Topliss-reactive ketones (excluding diaryl/α,β-unsaturated/α-hetero) is 1. The van der Waals surface area contributed by atoms with Gasteiger partial charge in [0.05, 0.1) is 31.4 Å². The van der Waals surface area contributed by atoms with E-state index in [0.29, 0.717) is 24.3 Å². The van der Waals surface area contributed by atoms with Crippen molar-refractivity contribution in [1.29, 1.82) is 0 Å². The van der Waals surface area contributed by atoms with Crippen LogP contribution >= 0.6 is 0 Å². The first-order valence-electron chi connectivity index (χ1n) is 10.6. The van der Waals surface area contributed by atoms with E-state index in [2.05, 4.69) is 0 Å². The van der Waals surface area contributed by atoms with Gasteiger partial charge in [0.1, 0.15) is 17.3 Å². The summed E-state index contributed by atoms with van der Waals surface area (Å²) in [5, 5.41) is 11.2. The van der Waals surface area contributed by atoms with Gasteiger partial charge >= 0.3 is 0 Å². The second-order valence-corrected chi connectivity index (χ2v) is 7.70. The van der Waals surface area contributed by atoms with Gasteiger partial charge in [-0.2, -0.15) is 0 Å². The predicted octanol–water partition coefficient (Wildman–Crippen LogP) is 4.37. The zero-order chi connectivity index (χ0) is 23.4. The SMILES string of the molecule is COc1ccc(CCN2C(=O)C(=O)/C(=C(\O)c3ccccc3OC)C2c2ccccc2)cc1. The molecule has 6 heteroatoms. The van der Waals surface area contributed by atoms with Gasteiger partial charge in [0, 0.05) is 6.54 Å². The molecule has 1 fully saturated rings. The van der Waals surface area contributed by atoms with Gasteiger partial charge in [-0.15, -0.1) is 0 Å². The number of hydrogen-bond acceptors (Lipinski definition) is 5. The average Bonchev–Trinajstić information content (AvgIpc) is 3.12. The quantitative estimate of drug-likeness (QED) is 0.333. The predicted molar refractivity (Wildman–Crippen MR) is 125 cm³/mol. The maximum Gasteiger partial charge on any atom is 0.295 e. The third-order valence-electron chi connectivity index (χ3n) is 5.82. The number of methoxy groups -OCH3 is 2. The van der Waals surface area contributed by atoms with Crippen LogP contribution in [0.4, 0.5) is 0 Å². The van der Waals surface area contributed by atoms with Crippen LogP contribution in [0.5, 0.6) is 11.5 Å². The Morgan fingerprint density at radius 2 is 1.55 bits per heavy atom. The van der Waals surface area contributed by atoms with Crippen LogP contribution in [0.25, 0.3) is 5.76 Å². The maximum atomic E-state index is 13.1. The number of ether oxygens (including phenoxy) is 2. The van der Waals surface area contributed by atoms with E-state index in [4.69, 9.17) is 9.47 Å². The summed E-state index contributed by atoms with van der Waals surface area (Å²) < 4.78 is 10.6. The molecule has 1 aliphatic rings. The first kappa shape index (κ1) is 22.1. The van der Waals surface area contributed by atoms with E-state index in [0.717, 1.165) is 16.9 Å². The highest BCUT2D eigenvalue weighted by atomic mass is 16.5. The lowest BCUT2D eigenvalue weighted by molar-refractivity contribution is -0.139. The molecule has 6 nitrogen and oxygen atoms in total. The fraction of sp³-hybridized carbons (Fsp3) is 0.185. The zero-order valence-corrected chi connectivity index (χ0v) is 18.5. The molecule has 1 aliphatic heterocycles. The molecule has 1 atom stereocenters. The lowest BCUT2D eigenvalue weighted by Crippen LogP contribution is -2.31. The second kappa shape index (κ2) is 9.61. The number of aliphatic hydroxyl groups is 1. The minimum Gasteiger partial charge on any atom is -0.507 e. The minimum absolute atomic E-state index is 0.0606. The summed E-state index contributed by atoms with van der Waals surface area (Å²) in [5.74, 6) is -0.408. The molecular weight excluding hydrogens is 418 g/mol. The van der Waals surface area contributed by atoms with Crippen LogP contribution < -0.4 is 9.47 Å². The number of ketones is 1. The fourth-order valence-electron chi connectivity index (χ4n) is 4.12. The molecule has 0 bridgehead atoms. The Bertz CT molecular complexity index is 1180. The van der Waals surface area contributed by atoms with E-state index in [1.807, 2.05) is 54.6 Å². The van der Waals surface area contributed by atoms with Gasteiger partial charge in [0.15, 0.2) is 0 Å². The first-order valence-corrected chi connectivity index (χ1v) is 10.6. The Morgan fingerprint density at radius 1 is 0.879 bits per heavy atom. The third-order valence-corrected chi connectivity index (χ3v) is 5.82. The monoisotopic (exact) mass is 443 g/mol. The second-order valence-electron chi connectivity index (χ2n) is 7.70. The molecule has 33 heavy (non-hydrogen) atoms. The average molecular weight is 443 g/mol. The molecule has 1 amide bonds. The largest absolute Gasteiger partial charge is 0.507 e. The van der Waals surface area contributed by atoms with Crippen molar-refractivity contribution in [2.75, 3.05) is 20.8 Å². The minimum atomic E-state index is -0.706. The molecule has 1 N–H and O–H groups in total. The third kappa shape index (κ3) is 4.32. The van der Waals surface area contributed by atoms with Crippen LogP contribution in [0.2, 0.25) is 0 Å². The summed E-state index contributed by atoms with van der Waals surface area (Å²) in [6, 6.07) is 23.0. The van der Waals surface area contributed by atoms with Crippen LogP contribution in [0.1, 0.15) is 22.7 Å². The van der Waals surface area contributed by atoms with Crippen LogP contribution in [0.15, 0.2) is 84.4 Å². The van der Waals surface area contributed by atoms with Crippen molar-refractivity contribution >= 4 is 17.4 Å². The molecular formula is C27H25NO5. The van der Waals surface area contributed by atoms with Crippen LogP contribution in [-0.4, -0.2) is 42.5 Å². The number of carbonyl (C=O) groups excluding carboxylic acids is 2. The summed E-state index contributed by atoms with van der Waals surface area (Å²) >= 11 is 0. The number of aliphatic hydroxyl groups excluding tert-OH is 1. The topological polar surface area (TPSA) is 76.1 Å².